The number of fused-ring (bicyclic) bond motifs is 1. The number of aliphatic hydroxyl groups is 1. The van der Waals surface area contributed by atoms with E-state index in [2.05, 4.69) is 51.6 Å². The predicted octanol–water partition coefficient (Wildman–Crippen LogP) is 1.32. The standard InChI is InChI=1S/C19H24N4O2/c1-3-10-21-18(20-4-2)19(25)22-12-17(24)14-23-11-9-15-7-5-6-8-16(15)13-23/h3-8,10,17,24H,1-2,9,11-14H2,(H,22,25)/b20-18-,21-10-/t17-/m0/s1. The molecule has 1 aromatic carbocycles. The lowest BCUT2D eigenvalue weighted by molar-refractivity contribution is -0.115. The first-order valence-electron chi connectivity index (χ1n) is 8.23. The number of aliphatic imine (C=N–C) groups is 2. The zero-order valence-electron chi connectivity index (χ0n) is 14.3. The highest BCUT2D eigenvalue weighted by atomic mass is 16.3. The zero-order chi connectivity index (χ0) is 18.1. The second-order valence-corrected chi connectivity index (χ2v) is 5.77. The van der Waals surface area contributed by atoms with E-state index in [-0.39, 0.29) is 12.4 Å². The SMILES string of the molecule is C=C/C=N\C(=N/C=C)C(=O)NC[C@H](O)CN1CCc2ccccc2C1. The molecule has 1 aliphatic rings. The minimum atomic E-state index is -0.664. The molecule has 6 heteroatoms. The number of hydrogen-bond acceptors (Lipinski definition) is 4. The number of allylic oxidation sites excluding steroid dienone is 1. The lowest BCUT2D eigenvalue weighted by atomic mass is 10.00. The average molecular weight is 340 g/mol. The first kappa shape index (κ1) is 18.8. The number of aliphatic hydroxyl groups excluding tert-OH is 1. The van der Waals surface area contributed by atoms with Gasteiger partial charge < -0.3 is 10.4 Å². The van der Waals surface area contributed by atoms with Gasteiger partial charge in [-0.15, -0.1) is 0 Å². The van der Waals surface area contributed by atoms with Crippen molar-refractivity contribution in [1.82, 2.24) is 10.2 Å². The third-order valence-electron chi connectivity index (χ3n) is 3.90. The summed E-state index contributed by atoms with van der Waals surface area (Å²) < 4.78 is 0. The Morgan fingerprint density at radius 3 is 2.84 bits per heavy atom. The second kappa shape index (κ2) is 9.66. The zero-order valence-corrected chi connectivity index (χ0v) is 14.3. The van der Waals surface area contributed by atoms with Crippen molar-refractivity contribution in [2.24, 2.45) is 9.98 Å². The average Bonchev–Trinajstić information content (AvgIpc) is 2.63. The van der Waals surface area contributed by atoms with Crippen LogP contribution in [0.3, 0.4) is 0 Å². The highest BCUT2D eigenvalue weighted by Gasteiger charge is 2.19. The van der Waals surface area contributed by atoms with Gasteiger partial charge in [0.25, 0.3) is 5.91 Å². The third-order valence-corrected chi connectivity index (χ3v) is 3.90. The van der Waals surface area contributed by atoms with Gasteiger partial charge in [-0.05, 0) is 17.5 Å². The summed E-state index contributed by atoms with van der Waals surface area (Å²) in [6.45, 7) is 9.30. The summed E-state index contributed by atoms with van der Waals surface area (Å²) in [4.78, 5) is 21.9. The molecule has 0 bridgehead atoms. The van der Waals surface area contributed by atoms with E-state index in [9.17, 15) is 9.90 Å². The van der Waals surface area contributed by atoms with Crippen LogP contribution in [0.25, 0.3) is 0 Å². The Morgan fingerprint density at radius 1 is 1.36 bits per heavy atom. The molecule has 0 unspecified atom stereocenters. The summed E-state index contributed by atoms with van der Waals surface area (Å²) >= 11 is 0. The van der Waals surface area contributed by atoms with Gasteiger partial charge in [-0.2, -0.15) is 0 Å². The van der Waals surface area contributed by atoms with Gasteiger partial charge in [-0.1, -0.05) is 43.5 Å². The van der Waals surface area contributed by atoms with Crippen molar-refractivity contribution < 1.29 is 9.90 Å². The molecule has 1 amide bonds. The van der Waals surface area contributed by atoms with Crippen LogP contribution in [0.2, 0.25) is 0 Å². The Bertz CT molecular complexity index is 682. The maximum atomic E-state index is 12.0. The highest BCUT2D eigenvalue weighted by molar-refractivity contribution is 6.39. The number of rotatable bonds is 6. The minimum absolute atomic E-state index is 0.0194. The smallest absolute Gasteiger partial charge is 0.289 e. The van der Waals surface area contributed by atoms with Gasteiger partial charge in [0.15, 0.2) is 0 Å². The summed E-state index contributed by atoms with van der Waals surface area (Å²) in [7, 11) is 0. The van der Waals surface area contributed by atoms with Crippen molar-refractivity contribution in [3.8, 4) is 0 Å². The van der Waals surface area contributed by atoms with Crippen molar-refractivity contribution in [2.45, 2.75) is 19.1 Å². The molecular formula is C19H24N4O2. The summed E-state index contributed by atoms with van der Waals surface area (Å²) in [5.41, 5.74) is 2.66. The molecule has 0 spiro atoms. The van der Waals surface area contributed by atoms with E-state index in [1.807, 2.05) is 6.07 Å². The van der Waals surface area contributed by atoms with Gasteiger partial charge in [-0.3, -0.25) is 9.69 Å². The molecule has 0 aromatic heterocycles. The lowest BCUT2D eigenvalue weighted by Gasteiger charge is -2.30. The van der Waals surface area contributed by atoms with Gasteiger partial charge in [-0.25, -0.2) is 9.98 Å². The molecule has 0 saturated heterocycles. The molecule has 25 heavy (non-hydrogen) atoms. The van der Waals surface area contributed by atoms with E-state index >= 15 is 0 Å². The van der Waals surface area contributed by atoms with E-state index in [1.54, 1.807) is 0 Å². The minimum Gasteiger partial charge on any atom is -0.390 e. The number of β-amino-alcohol motifs (C(OH)–C–C–N with tert-alkyl or cyclic N) is 1. The van der Waals surface area contributed by atoms with E-state index in [1.165, 1.54) is 29.6 Å². The quantitative estimate of drug-likeness (QED) is 0.606. The Morgan fingerprint density at radius 2 is 2.12 bits per heavy atom. The Kier molecular flexibility index (Phi) is 7.25. The number of carbonyl (C=O) groups excluding carboxylic acids is 1. The van der Waals surface area contributed by atoms with Gasteiger partial charge in [0.1, 0.15) is 0 Å². The van der Waals surface area contributed by atoms with Gasteiger partial charge in [0, 0.05) is 38.6 Å². The molecule has 6 nitrogen and oxygen atoms in total. The van der Waals surface area contributed by atoms with Crippen LogP contribution in [0.1, 0.15) is 11.1 Å². The summed E-state index contributed by atoms with van der Waals surface area (Å²) in [5.74, 6) is -0.477. The van der Waals surface area contributed by atoms with Crippen LogP contribution in [0.4, 0.5) is 0 Å². The van der Waals surface area contributed by atoms with Crippen LogP contribution < -0.4 is 5.32 Å². The number of hydrogen-bond donors (Lipinski definition) is 2. The molecule has 0 aliphatic carbocycles. The molecule has 132 valence electrons. The van der Waals surface area contributed by atoms with Crippen molar-refractivity contribution >= 4 is 18.0 Å². The molecule has 1 heterocycles. The Balaban J connectivity index is 1.82. The molecule has 0 saturated carbocycles. The molecule has 0 fully saturated rings. The molecule has 2 rings (SSSR count). The van der Waals surface area contributed by atoms with E-state index in [0.717, 1.165) is 19.5 Å². The summed E-state index contributed by atoms with van der Waals surface area (Å²) in [6.07, 6.45) is 4.39. The monoisotopic (exact) mass is 340 g/mol. The third kappa shape index (κ3) is 5.77. The first-order valence-corrected chi connectivity index (χ1v) is 8.23. The number of nitrogens with zero attached hydrogens (tertiary/aromatic N) is 3. The fraction of sp³-hybridized carbons (Fsp3) is 0.316. The molecule has 1 aliphatic heterocycles. The first-order chi connectivity index (χ1) is 12.1. The topological polar surface area (TPSA) is 77.3 Å². The molecule has 1 atom stereocenters. The number of amidine groups is 1. The molecule has 2 N–H and O–H groups in total. The number of carbonyl (C=O) groups is 1. The summed E-state index contributed by atoms with van der Waals surface area (Å²) in [6, 6.07) is 8.35. The van der Waals surface area contributed by atoms with Crippen LogP contribution in [-0.2, 0) is 17.8 Å². The van der Waals surface area contributed by atoms with Crippen LogP contribution in [0, 0.1) is 0 Å². The van der Waals surface area contributed by atoms with E-state index < -0.39 is 12.0 Å². The molecular weight excluding hydrogens is 316 g/mol. The fourth-order valence-corrected chi connectivity index (χ4v) is 2.72. The van der Waals surface area contributed by atoms with Crippen molar-refractivity contribution in [3.05, 3.63) is 60.8 Å². The van der Waals surface area contributed by atoms with Crippen molar-refractivity contribution in [2.75, 3.05) is 19.6 Å². The normalized spacial score (nSPS) is 16.3. The summed E-state index contributed by atoms with van der Waals surface area (Å²) in [5, 5.41) is 12.9. The van der Waals surface area contributed by atoms with Gasteiger partial charge in [0.2, 0.25) is 5.84 Å². The van der Waals surface area contributed by atoms with E-state index in [0.29, 0.717) is 6.54 Å². The Hall–Kier alpha value is -2.57. The number of amides is 1. The maximum absolute atomic E-state index is 12.0. The lowest BCUT2D eigenvalue weighted by Crippen LogP contribution is -2.43. The maximum Gasteiger partial charge on any atom is 0.289 e. The van der Waals surface area contributed by atoms with Gasteiger partial charge in [0.05, 0.1) is 6.10 Å². The number of benzene rings is 1. The second-order valence-electron chi connectivity index (χ2n) is 5.77. The fourth-order valence-electron chi connectivity index (χ4n) is 2.72. The number of nitrogens with one attached hydrogen (secondary N) is 1. The van der Waals surface area contributed by atoms with Crippen molar-refractivity contribution in [3.63, 3.8) is 0 Å². The van der Waals surface area contributed by atoms with Crippen LogP contribution in [-0.4, -0.2) is 53.7 Å². The van der Waals surface area contributed by atoms with Crippen LogP contribution in [0.15, 0.2) is 59.7 Å². The Labute approximate surface area is 148 Å². The highest BCUT2D eigenvalue weighted by Crippen LogP contribution is 2.18. The predicted molar refractivity (Wildman–Crippen MR) is 101 cm³/mol. The van der Waals surface area contributed by atoms with E-state index in [4.69, 9.17) is 0 Å². The van der Waals surface area contributed by atoms with Gasteiger partial charge >= 0.3 is 0 Å². The largest absolute Gasteiger partial charge is 0.390 e. The van der Waals surface area contributed by atoms with Crippen LogP contribution in [0.5, 0.6) is 0 Å². The molecule has 1 aromatic rings. The molecule has 0 radical (unpaired) electrons. The van der Waals surface area contributed by atoms with Crippen LogP contribution >= 0.6 is 0 Å². The van der Waals surface area contributed by atoms with Crippen molar-refractivity contribution in [1.29, 1.82) is 0 Å².